The molecule has 1 aliphatic rings. The Morgan fingerprint density at radius 1 is 1.69 bits per heavy atom. The van der Waals surface area contributed by atoms with Crippen molar-refractivity contribution in [3.8, 4) is 0 Å². The highest BCUT2D eigenvalue weighted by Gasteiger charge is 2.28. The lowest BCUT2D eigenvalue weighted by molar-refractivity contribution is 0.158. The molecule has 1 aliphatic heterocycles. The normalized spacial score (nSPS) is 23.3. The molecule has 0 aliphatic carbocycles. The van der Waals surface area contributed by atoms with E-state index in [1.807, 2.05) is 18.7 Å². The lowest BCUT2D eigenvalue weighted by Gasteiger charge is -2.26. The van der Waals surface area contributed by atoms with Crippen LogP contribution in [0.15, 0.2) is 6.20 Å². The van der Waals surface area contributed by atoms with E-state index in [0.717, 1.165) is 24.4 Å². The molecule has 2 heterocycles. The molecule has 5 heteroatoms. The van der Waals surface area contributed by atoms with E-state index < -0.39 is 6.10 Å². The summed E-state index contributed by atoms with van der Waals surface area (Å²) in [6, 6.07) is 0. The van der Waals surface area contributed by atoms with E-state index in [1.165, 1.54) is 12.8 Å². The van der Waals surface area contributed by atoms with Gasteiger partial charge in [-0.15, -0.1) is 0 Å². The van der Waals surface area contributed by atoms with Crippen molar-refractivity contribution in [2.24, 2.45) is 0 Å². The number of hydrogen-bond donors (Lipinski definition) is 1. The molecule has 2 atom stereocenters. The number of rotatable bonds is 3. The number of aromatic nitrogens is 2. The van der Waals surface area contributed by atoms with Crippen LogP contribution in [0, 0.1) is 0 Å². The summed E-state index contributed by atoms with van der Waals surface area (Å²) in [4.78, 5) is 0. The first-order valence-electron chi connectivity index (χ1n) is 5.75. The third-order valence-electron chi connectivity index (χ3n) is 2.98. The molecule has 1 saturated heterocycles. The van der Waals surface area contributed by atoms with Crippen molar-refractivity contribution in [3.05, 3.63) is 16.9 Å². The van der Waals surface area contributed by atoms with Gasteiger partial charge in [-0.1, -0.05) is 18.0 Å². The van der Waals surface area contributed by atoms with Gasteiger partial charge in [0.2, 0.25) is 0 Å². The summed E-state index contributed by atoms with van der Waals surface area (Å²) in [5.41, 5.74) is 0.781. The zero-order valence-electron chi connectivity index (χ0n) is 9.40. The zero-order chi connectivity index (χ0) is 11.5. The van der Waals surface area contributed by atoms with E-state index in [-0.39, 0.29) is 5.25 Å². The lowest BCUT2D eigenvalue weighted by atomic mass is 10.1. The Morgan fingerprint density at radius 3 is 3.12 bits per heavy atom. The highest BCUT2D eigenvalue weighted by Crippen LogP contribution is 2.36. The van der Waals surface area contributed by atoms with Crippen molar-refractivity contribution in [3.63, 3.8) is 0 Å². The molecule has 1 N–H and O–H groups in total. The summed E-state index contributed by atoms with van der Waals surface area (Å²) >= 11 is 7.93. The molecule has 0 saturated carbocycles. The average molecular weight is 261 g/mol. The summed E-state index contributed by atoms with van der Waals surface area (Å²) in [5, 5.41) is 15.4. The highest BCUT2D eigenvalue weighted by atomic mass is 35.5. The standard InChI is InChI=1S/C11H17ClN2OS/c1-2-14-10(8(12)7-13-14)11(15)9-5-3-4-6-16-9/h7,9,11,15H,2-6H2,1H3. The Bertz CT molecular complexity index is 350. The van der Waals surface area contributed by atoms with Crippen molar-refractivity contribution in [1.29, 1.82) is 0 Å². The molecule has 0 spiro atoms. The van der Waals surface area contributed by atoms with Gasteiger partial charge in [0, 0.05) is 11.8 Å². The minimum Gasteiger partial charge on any atom is -0.386 e. The second-order valence-electron chi connectivity index (χ2n) is 4.04. The highest BCUT2D eigenvalue weighted by molar-refractivity contribution is 7.99. The number of halogens is 1. The summed E-state index contributed by atoms with van der Waals surface area (Å²) in [6.07, 6.45) is 4.66. The second kappa shape index (κ2) is 5.43. The first-order valence-corrected chi connectivity index (χ1v) is 7.17. The Balaban J connectivity index is 2.18. The van der Waals surface area contributed by atoms with Gasteiger partial charge in [-0.3, -0.25) is 4.68 Å². The van der Waals surface area contributed by atoms with Crippen molar-refractivity contribution in [2.45, 2.75) is 44.1 Å². The summed E-state index contributed by atoms with van der Waals surface area (Å²) < 4.78 is 1.79. The fourth-order valence-electron chi connectivity index (χ4n) is 2.11. The molecular weight excluding hydrogens is 244 g/mol. The Kier molecular flexibility index (Phi) is 4.16. The van der Waals surface area contributed by atoms with Crippen molar-refractivity contribution < 1.29 is 5.11 Å². The van der Waals surface area contributed by atoms with Gasteiger partial charge in [0.25, 0.3) is 0 Å². The van der Waals surface area contributed by atoms with Crippen molar-refractivity contribution in [2.75, 3.05) is 5.75 Å². The van der Waals surface area contributed by atoms with Crippen LogP contribution in [-0.4, -0.2) is 25.9 Å². The summed E-state index contributed by atoms with van der Waals surface area (Å²) in [5.74, 6) is 1.14. The Labute approximate surface area is 105 Å². The van der Waals surface area contributed by atoms with Crippen molar-refractivity contribution in [1.82, 2.24) is 9.78 Å². The predicted octanol–water partition coefficient (Wildman–Crippen LogP) is 2.88. The minimum atomic E-state index is -0.486. The van der Waals surface area contributed by atoms with Gasteiger partial charge in [-0.25, -0.2) is 0 Å². The van der Waals surface area contributed by atoms with Crippen LogP contribution in [0.3, 0.4) is 0 Å². The van der Waals surface area contributed by atoms with Crippen LogP contribution in [0.1, 0.15) is 38.0 Å². The van der Waals surface area contributed by atoms with Gasteiger partial charge in [-0.2, -0.15) is 16.9 Å². The summed E-state index contributed by atoms with van der Waals surface area (Å²) in [6.45, 7) is 2.75. The van der Waals surface area contributed by atoms with Crippen LogP contribution in [-0.2, 0) is 6.54 Å². The molecule has 0 bridgehead atoms. The molecule has 2 rings (SSSR count). The average Bonchev–Trinajstić information content (AvgIpc) is 2.70. The van der Waals surface area contributed by atoms with Crippen LogP contribution >= 0.6 is 23.4 Å². The van der Waals surface area contributed by atoms with Crippen LogP contribution in [0.2, 0.25) is 5.02 Å². The van der Waals surface area contributed by atoms with Crippen molar-refractivity contribution >= 4 is 23.4 Å². The van der Waals surface area contributed by atoms with E-state index in [0.29, 0.717) is 5.02 Å². The summed E-state index contributed by atoms with van der Waals surface area (Å²) in [7, 11) is 0. The third kappa shape index (κ3) is 2.39. The molecule has 1 aromatic rings. The molecular formula is C11H17ClN2OS. The number of aliphatic hydroxyl groups excluding tert-OH is 1. The first-order chi connectivity index (χ1) is 7.74. The van der Waals surface area contributed by atoms with Gasteiger partial charge < -0.3 is 5.11 Å². The monoisotopic (exact) mass is 260 g/mol. The lowest BCUT2D eigenvalue weighted by Crippen LogP contribution is -2.22. The molecule has 0 radical (unpaired) electrons. The Hall–Kier alpha value is -0.190. The largest absolute Gasteiger partial charge is 0.386 e. The maximum atomic E-state index is 10.4. The number of aliphatic hydroxyl groups is 1. The fraction of sp³-hybridized carbons (Fsp3) is 0.727. The number of hydrogen-bond acceptors (Lipinski definition) is 3. The van der Waals surface area contributed by atoms with Gasteiger partial charge in [0.1, 0.15) is 6.10 Å². The maximum absolute atomic E-state index is 10.4. The van der Waals surface area contributed by atoms with E-state index in [9.17, 15) is 5.11 Å². The smallest absolute Gasteiger partial charge is 0.109 e. The van der Waals surface area contributed by atoms with Crippen LogP contribution < -0.4 is 0 Å². The van der Waals surface area contributed by atoms with E-state index in [4.69, 9.17) is 11.6 Å². The molecule has 0 aromatic carbocycles. The number of aryl methyl sites for hydroxylation is 1. The third-order valence-corrected chi connectivity index (χ3v) is 4.72. The van der Waals surface area contributed by atoms with Gasteiger partial charge >= 0.3 is 0 Å². The van der Waals surface area contributed by atoms with Crippen LogP contribution in [0.25, 0.3) is 0 Å². The van der Waals surface area contributed by atoms with E-state index in [2.05, 4.69) is 5.10 Å². The quantitative estimate of drug-likeness (QED) is 0.908. The first kappa shape index (κ1) is 12.3. The van der Waals surface area contributed by atoms with E-state index >= 15 is 0 Å². The maximum Gasteiger partial charge on any atom is 0.109 e. The number of thioether (sulfide) groups is 1. The topological polar surface area (TPSA) is 38.0 Å². The second-order valence-corrected chi connectivity index (χ2v) is 5.80. The molecule has 0 amide bonds. The fourth-order valence-corrected chi connectivity index (χ4v) is 3.68. The molecule has 16 heavy (non-hydrogen) atoms. The van der Waals surface area contributed by atoms with E-state index in [1.54, 1.807) is 10.9 Å². The molecule has 1 fully saturated rings. The Morgan fingerprint density at radius 2 is 2.50 bits per heavy atom. The zero-order valence-corrected chi connectivity index (χ0v) is 11.0. The van der Waals surface area contributed by atoms with Gasteiger partial charge in [-0.05, 0) is 25.5 Å². The van der Waals surface area contributed by atoms with Crippen LogP contribution in [0.5, 0.6) is 0 Å². The SMILES string of the molecule is CCn1ncc(Cl)c1C(O)C1CCCCS1. The number of nitrogens with zero attached hydrogens (tertiary/aromatic N) is 2. The minimum absolute atomic E-state index is 0.272. The van der Waals surface area contributed by atoms with Crippen LogP contribution in [0.4, 0.5) is 0 Å². The molecule has 90 valence electrons. The van der Waals surface area contributed by atoms with Gasteiger partial charge in [0.15, 0.2) is 0 Å². The van der Waals surface area contributed by atoms with Gasteiger partial charge in [0.05, 0.1) is 16.9 Å². The molecule has 2 unspecified atom stereocenters. The molecule has 3 nitrogen and oxygen atoms in total. The molecule has 1 aromatic heterocycles. The predicted molar refractivity (Wildman–Crippen MR) is 68.0 cm³/mol.